The summed E-state index contributed by atoms with van der Waals surface area (Å²) < 4.78 is 28.6. The predicted molar refractivity (Wildman–Crippen MR) is 64.0 cm³/mol. The van der Waals surface area contributed by atoms with Crippen molar-refractivity contribution in [2.75, 3.05) is 0 Å². The van der Waals surface area contributed by atoms with Crippen LogP contribution in [0.1, 0.15) is 24.3 Å². The lowest BCUT2D eigenvalue weighted by atomic mass is 9.88. The number of carbonyl (C=O) groups excluding carboxylic acids is 1. The molecule has 0 heterocycles. The van der Waals surface area contributed by atoms with Gasteiger partial charge in [0.05, 0.1) is 5.92 Å². The Morgan fingerprint density at radius 3 is 2.83 bits per heavy atom. The highest BCUT2D eigenvalue weighted by atomic mass is 35.5. The van der Waals surface area contributed by atoms with E-state index in [1.807, 2.05) is 0 Å². The lowest BCUT2D eigenvalue weighted by Gasteiger charge is -2.20. The molecule has 0 saturated carbocycles. The molecular weight excluding hydrogens is 262 g/mol. The molecule has 5 heteroatoms. The number of rotatable bonds is 3. The number of Topliss-reactive ketones (excluding diaryl/α,β-unsaturated/α-hetero) is 1. The molecule has 18 heavy (non-hydrogen) atoms. The minimum Gasteiger partial charge on any atom is -0.435 e. The van der Waals surface area contributed by atoms with Gasteiger partial charge in [0.25, 0.3) is 0 Å². The molecule has 1 unspecified atom stereocenters. The van der Waals surface area contributed by atoms with Crippen LogP contribution < -0.4 is 4.74 Å². The first kappa shape index (κ1) is 13.0. The van der Waals surface area contributed by atoms with E-state index < -0.39 is 12.5 Å². The minimum absolute atomic E-state index is 0.00306. The zero-order valence-electron chi connectivity index (χ0n) is 9.41. The van der Waals surface area contributed by atoms with Gasteiger partial charge in [-0.3, -0.25) is 4.79 Å². The fourth-order valence-electron chi connectivity index (χ4n) is 1.98. The minimum atomic E-state index is -2.88. The van der Waals surface area contributed by atoms with Crippen LogP contribution in [0.5, 0.6) is 5.75 Å². The Morgan fingerprint density at radius 1 is 1.39 bits per heavy atom. The van der Waals surface area contributed by atoms with Crippen molar-refractivity contribution < 1.29 is 18.3 Å². The number of hydrogen-bond acceptors (Lipinski definition) is 2. The van der Waals surface area contributed by atoms with Crippen LogP contribution in [0.15, 0.2) is 35.4 Å². The van der Waals surface area contributed by atoms with E-state index in [-0.39, 0.29) is 11.5 Å². The largest absolute Gasteiger partial charge is 0.435 e. The maximum atomic E-state index is 12.1. The van der Waals surface area contributed by atoms with E-state index in [0.717, 1.165) is 0 Å². The van der Waals surface area contributed by atoms with E-state index in [9.17, 15) is 13.6 Å². The molecular formula is C13H11ClF2O2. The van der Waals surface area contributed by atoms with Crippen molar-refractivity contribution in [1.82, 2.24) is 0 Å². The molecule has 1 aromatic rings. The van der Waals surface area contributed by atoms with Crippen LogP contribution in [0, 0.1) is 0 Å². The summed E-state index contributed by atoms with van der Waals surface area (Å²) in [6, 6.07) is 6.10. The highest BCUT2D eigenvalue weighted by Gasteiger charge is 2.26. The maximum Gasteiger partial charge on any atom is 0.387 e. The molecule has 2 nitrogen and oxygen atoms in total. The number of alkyl halides is 2. The van der Waals surface area contributed by atoms with Crippen LogP contribution >= 0.6 is 11.6 Å². The molecule has 0 radical (unpaired) electrons. The summed E-state index contributed by atoms with van der Waals surface area (Å²) in [6.45, 7) is -2.88. The third-order valence-electron chi connectivity index (χ3n) is 2.74. The van der Waals surface area contributed by atoms with Crippen LogP contribution in [0.2, 0.25) is 0 Å². The van der Waals surface area contributed by atoms with Crippen molar-refractivity contribution in [2.45, 2.75) is 25.4 Å². The summed E-state index contributed by atoms with van der Waals surface area (Å²) in [7, 11) is 0. The molecule has 2 rings (SSSR count). The monoisotopic (exact) mass is 272 g/mol. The van der Waals surface area contributed by atoms with E-state index in [4.69, 9.17) is 11.6 Å². The van der Waals surface area contributed by atoms with Crippen LogP contribution in [0.25, 0.3) is 0 Å². The fraction of sp³-hybridized carbons (Fsp3) is 0.308. The SMILES string of the molecule is O=C1CCC=C(Cl)C1c1cccc(OC(F)F)c1. The van der Waals surface area contributed by atoms with Crippen LogP contribution in [0.3, 0.4) is 0 Å². The smallest absolute Gasteiger partial charge is 0.387 e. The second-order valence-electron chi connectivity index (χ2n) is 3.98. The molecule has 1 aromatic carbocycles. The van der Waals surface area contributed by atoms with Gasteiger partial charge >= 0.3 is 6.61 Å². The van der Waals surface area contributed by atoms with Gasteiger partial charge in [-0.25, -0.2) is 0 Å². The summed E-state index contributed by atoms with van der Waals surface area (Å²) in [6.07, 6.45) is 2.83. The number of benzene rings is 1. The molecule has 0 aromatic heterocycles. The molecule has 0 aliphatic heterocycles. The molecule has 1 atom stereocenters. The Hall–Kier alpha value is -1.42. The summed E-state index contributed by atoms with van der Waals surface area (Å²) in [4.78, 5) is 11.8. The predicted octanol–water partition coefficient (Wildman–Crippen LogP) is 3.86. The molecule has 96 valence electrons. The number of ketones is 1. The summed E-state index contributed by atoms with van der Waals surface area (Å²) >= 11 is 6.02. The van der Waals surface area contributed by atoms with Crippen molar-refractivity contribution in [3.63, 3.8) is 0 Å². The fourth-order valence-corrected chi connectivity index (χ4v) is 2.34. The topological polar surface area (TPSA) is 26.3 Å². The lowest BCUT2D eigenvalue weighted by molar-refractivity contribution is -0.119. The van der Waals surface area contributed by atoms with Crippen LogP contribution in [-0.2, 0) is 4.79 Å². The Kier molecular flexibility index (Phi) is 3.97. The van der Waals surface area contributed by atoms with Crippen LogP contribution in [-0.4, -0.2) is 12.4 Å². The number of carbonyl (C=O) groups is 1. The van der Waals surface area contributed by atoms with Crippen molar-refractivity contribution in [3.05, 3.63) is 40.9 Å². The first-order valence-corrected chi connectivity index (χ1v) is 5.89. The van der Waals surface area contributed by atoms with Gasteiger partial charge in [-0.2, -0.15) is 8.78 Å². The van der Waals surface area contributed by atoms with E-state index >= 15 is 0 Å². The average molecular weight is 273 g/mol. The normalized spacial score (nSPS) is 19.9. The van der Waals surface area contributed by atoms with E-state index in [0.29, 0.717) is 23.4 Å². The van der Waals surface area contributed by atoms with E-state index in [1.54, 1.807) is 18.2 Å². The van der Waals surface area contributed by atoms with Gasteiger partial charge in [0.2, 0.25) is 0 Å². The van der Waals surface area contributed by atoms with Crippen LogP contribution in [0.4, 0.5) is 8.78 Å². The van der Waals surface area contributed by atoms with Gasteiger partial charge in [-0.15, -0.1) is 0 Å². The van der Waals surface area contributed by atoms with E-state index in [1.165, 1.54) is 12.1 Å². The lowest BCUT2D eigenvalue weighted by Crippen LogP contribution is -2.16. The highest BCUT2D eigenvalue weighted by molar-refractivity contribution is 6.32. The molecule has 0 amide bonds. The third-order valence-corrected chi connectivity index (χ3v) is 3.12. The Morgan fingerprint density at radius 2 is 2.17 bits per heavy atom. The standard InChI is InChI=1S/C13H11ClF2O2/c14-10-5-2-6-11(17)12(10)8-3-1-4-9(7-8)18-13(15)16/h1,3-5,7,12-13H,2,6H2. The quantitative estimate of drug-likeness (QED) is 0.835. The molecule has 1 aliphatic rings. The van der Waals surface area contributed by atoms with Gasteiger partial charge in [0.1, 0.15) is 11.5 Å². The van der Waals surface area contributed by atoms with E-state index in [2.05, 4.69) is 4.74 Å². The Labute approximate surface area is 108 Å². The van der Waals surface area contributed by atoms with Gasteiger partial charge in [0.15, 0.2) is 0 Å². The van der Waals surface area contributed by atoms with Crippen molar-refractivity contribution in [3.8, 4) is 5.75 Å². The number of ether oxygens (including phenoxy) is 1. The molecule has 0 fully saturated rings. The second kappa shape index (κ2) is 5.48. The Bertz CT molecular complexity index is 486. The Balaban J connectivity index is 2.30. The zero-order chi connectivity index (χ0) is 13.1. The van der Waals surface area contributed by atoms with Crippen molar-refractivity contribution in [1.29, 1.82) is 0 Å². The molecule has 0 spiro atoms. The average Bonchev–Trinajstić information content (AvgIpc) is 2.28. The summed E-state index contributed by atoms with van der Waals surface area (Å²) in [5, 5.41) is 0.445. The van der Waals surface area contributed by atoms with Crippen molar-refractivity contribution in [2.24, 2.45) is 0 Å². The molecule has 1 aliphatic carbocycles. The zero-order valence-corrected chi connectivity index (χ0v) is 10.2. The van der Waals surface area contributed by atoms with Gasteiger partial charge in [-0.1, -0.05) is 29.8 Å². The van der Waals surface area contributed by atoms with Crippen molar-refractivity contribution >= 4 is 17.4 Å². The molecule has 0 bridgehead atoms. The van der Waals surface area contributed by atoms with Gasteiger partial charge in [0, 0.05) is 11.5 Å². The first-order chi connectivity index (χ1) is 8.58. The summed E-state index contributed by atoms with van der Waals surface area (Å²) in [5.41, 5.74) is 0.583. The summed E-state index contributed by atoms with van der Waals surface area (Å²) in [5.74, 6) is -0.524. The number of allylic oxidation sites excluding steroid dienone is 2. The molecule has 0 N–H and O–H groups in total. The van der Waals surface area contributed by atoms with Gasteiger partial charge in [-0.05, 0) is 24.1 Å². The first-order valence-electron chi connectivity index (χ1n) is 5.51. The number of halogens is 3. The number of hydrogen-bond donors (Lipinski definition) is 0. The second-order valence-corrected chi connectivity index (χ2v) is 4.41. The third kappa shape index (κ3) is 2.88. The maximum absolute atomic E-state index is 12.1. The van der Waals surface area contributed by atoms with Gasteiger partial charge < -0.3 is 4.74 Å². The highest BCUT2D eigenvalue weighted by Crippen LogP contribution is 2.35. The molecule has 0 saturated heterocycles.